The van der Waals surface area contributed by atoms with Crippen molar-refractivity contribution in [3.8, 4) is 5.75 Å². The predicted octanol–water partition coefficient (Wildman–Crippen LogP) is 3.48. The van der Waals surface area contributed by atoms with Crippen LogP contribution in [0.15, 0.2) is 24.3 Å². The highest BCUT2D eigenvalue weighted by Gasteiger charge is 2.15. The molecule has 0 amide bonds. The van der Waals surface area contributed by atoms with E-state index in [2.05, 4.69) is 5.32 Å². The quantitative estimate of drug-likeness (QED) is 0.776. The molecular formula is C20H32N2O. The standard InChI is InChI=1S/C20H32N2O/c1-4-13-22(14-5-1)15-6-16-23-20-8-3-2-7-19(20)17-18-9-11-21-12-10-18/h2-3,7-8,18,21H,1,4-6,9-17H2/i1D2,4D2,5D2,13D2,14D2. The van der Waals surface area contributed by atoms with Gasteiger partial charge in [0, 0.05) is 20.3 Å². The van der Waals surface area contributed by atoms with Crippen LogP contribution in [0.5, 0.6) is 5.75 Å². The van der Waals surface area contributed by atoms with Crippen LogP contribution in [0.2, 0.25) is 0 Å². The molecule has 23 heavy (non-hydrogen) atoms. The third kappa shape index (κ3) is 5.50. The molecule has 3 nitrogen and oxygen atoms in total. The van der Waals surface area contributed by atoms with E-state index in [0.717, 1.165) is 37.9 Å². The normalized spacial score (nSPS) is 37.9. The molecular weight excluding hydrogens is 284 g/mol. The first-order valence-corrected chi connectivity index (χ1v) is 8.37. The largest absolute Gasteiger partial charge is 0.493 e. The molecule has 0 aromatic heterocycles. The van der Waals surface area contributed by atoms with Gasteiger partial charge in [0.15, 0.2) is 0 Å². The second kappa shape index (κ2) is 9.29. The molecule has 1 N–H and O–H groups in total. The molecule has 2 heterocycles. The summed E-state index contributed by atoms with van der Waals surface area (Å²) in [6, 6.07) is 7.65. The highest BCUT2D eigenvalue weighted by molar-refractivity contribution is 5.33. The summed E-state index contributed by atoms with van der Waals surface area (Å²) in [6.45, 7) is -4.40. The molecule has 0 atom stereocenters. The lowest BCUT2D eigenvalue weighted by Gasteiger charge is -2.26. The number of hydrogen-bond acceptors (Lipinski definition) is 3. The smallest absolute Gasteiger partial charge is 0.122 e. The molecule has 0 radical (unpaired) electrons. The Balaban J connectivity index is 1.68. The second-order valence-corrected chi connectivity index (χ2v) is 5.96. The number of hydrogen-bond donors (Lipinski definition) is 1. The number of nitrogens with zero attached hydrogens (tertiary/aromatic N) is 1. The van der Waals surface area contributed by atoms with Gasteiger partial charge in [-0.15, -0.1) is 0 Å². The monoisotopic (exact) mass is 326 g/mol. The summed E-state index contributed by atoms with van der Waals surface area (Å²) < 4.78 is 86.3. The summed E-state index contributed by atoms with van der Waals surface area (Å²) in [5.74, 6) is 1.26. The first kappa shape index (κ1) is 8.35. The van der Waals surface area contributed by atoms with Crippen LogP contribution >= 0.6 is 0 Å². The zero-order valence-electron chi connectivity index (χ0n) is 23.4. The molecule has 2 fully saturated rings. The Labute approximate surface area is 155 Å². The first-order chi connectivity index (χ1) is 15.2. The van der Waals surface area contributed by atoms with Crippen molar-refractivity contribution in [1.82, 2.24) is 10.2 Å². The van der Waals surface area contributed by atoms with Gasteiger partial charge in [-0.1, -0.05) is 24.6 Å². The van der Waals surface area contributed by atoms with Gasteiger partial charge in [0.1, 0.15) is 5.75 Å². The molecule has 0 unspecified atom stereocenters. The Morgan fingerprint density at radius 3 is 2.74 bits per heavy atom. The number of rotatable bonds is 7. The number of piperidine rings is 2. The van der Waals surface area contributed by atoms with Crippen LogP contribution in [0.4, 0.5) is 0 Å². The highest BCUT2D eigenvalue weighted by atomic mass is 16.5. The van der Waals surface area contributed by atoms with Crippen molar-refractivity contribution in [2.24, 2.45) is 5.92 Å². The lowest BCUT2D eigenvalue weighted by atomic mass is 9.91. The van der Waals surface area contributed by atoms with Gasteiger partial charge in [0.25, 0.3) is 0 Å². The van der Waals surface area contributed by atoms with Crippen LogP contribution in [0.25, 0.3) is 0 Å². The number of ether oxygens (including phenoxy) is 1. The Morgan fingerprint density at radius 1 is 1.13 bits per heavy atom. The third-order valence-corrected chi connectivity index (χ3v) is 4.23. The fourth-order valence-corrected chi connectivity index (χ4v) is 2.98. The van der Waals surface area contributed by atoms with E-state index in [-0.39, 0.29) is 19.6 Å². The molecule has 1 aromatic rings. The lowest BCUT2D eigenvalue weighted by molar-refractivity contribution is 0.204. The molecule has 0 spiro atoms. The van der Waals surface area contributed by atoms with Crippen LogP contribution in [-0.2, 0) is 6.42 Å². The second-order valence-electron chi connectivity index (χ2n) is 5.96. The van der Waals surface area contributed by atoms with E-state index in [9.17, 15) is 0 Å². The molecule has 1 aromatic carbocycles. The van der Waals surface area contributed by atoms with Crippen LogP contribution < -0.4 is 10.1 Å². The number of para-hydroxylation sites is 1. The Bertz CT molecular complexity index is 797. The van der Waals surface area contributed by atoms with Crippen molar-refractivity contribution in [2.45, 2.75) is 44.8 Å². The predicted molar refractivity (Wildman–Crippen MR) is 96.1 cm³/mol. The van der Waals surface area contributed by atoms with Crippen molar-refractivity contribution in [3.05, 3.63) is 29.8 Å². The summed E-state index contributed by atoms with van der Waals surface area (Å²) in [5, 5.41) is 3.34. The van der Waals surface area contributed by atoms with E-state index in [1.807, 2.05) is 24.3 Å². The number of nitrogens with one attached hydrogen (secondary N) is 1. The Hall–Kier alpha value is -1.06. The van der Waals surface area contributed by atoms with Gasteiger partial charge in [-0.2, -0.15) is 0 Å². The summed E-state index contributed by atoms with van der Waals surface area (Å²) >= 11 is 0. The van der Waals surface area contributed by atoms with E-state index in [4.69, 9.17) is 18.4 Å². The molecule has 0 aliphatic carbocycles. The SMILES string of the molecule is [2H]C1([2H])N(CCCOc2ccccc2CC2CCNCC2)C([2H])([2H])C([2H])([2H])C([2H])([2H])C1([2H])[2H]. The fourth-order valence-electron chi connectivity index (χ4n) is 2.98. The minimum Gasteiger partial charge on any atom is -0.493 e. The first-order valence-electron chi connectivity index (χ1n) is 13.4. The van der Waals surface area contributed by atoms with Gasteiger partial charge in [-0.3, -0.25) is 0 Å². The summed E-state index contributed by atoms with van der Waals surface area (Å²) in [4.78, 5) is 0.464. The van der Waals surface area contributed by atoms with Gasteiger partial charge in [-0.05, 0) is 82.1 Å². The van der Waals surface area contributed by atoms with Gasteiger partial charge < -0.3 is 15.0 Å². The molecule has 128 valence electrons. The molecule has 2 saturated heterocycles. The van der Waals surface area contributed by atoms with E-state index in [0.29, 0.717) is 16.6 Å². The van der Waals surface area contributed by atoms with Crippen molar-refractivity contribution in [2.75, 3.05) is 39.2 Å². The maximum atomic E-state index is 8.18. The van der Waals surface area contributed by atoms with Crippen molar-refractivity contribution in [3.63, 3.8) is 0 Å². The topological polar surface area (TPSA) is 24.5 Å². The fraction of sp³-hybridized carbons (Fsp3) is 0.700. The lowest BCUT2D eigenvalue weighted by Crippen LogP contribution is -2.31. The number of likely N-dealkylation sites (tertiary alicyclic amines) is 1. The molecule has 3 heteroatoms. The highest BCUT2D eigenvalue weighted by Crippen LogP contribution is 2.25. The Kier molecular flexibility index (Phi) is 3.37. The molecule has 2 aliphatic rings. The zero-order valence-corrected chi connectivity index (χ0v) is 13.4. The van der Waals surface area contributed by atoms with Crippen LogP contribution in [0.3, 0.4) is 0 Å². The Morgan fingerprint density at radius 2 is 1.91 bits per heavy atom. The van der Waals surface area contributed by atoms with Crippen LogP contribution in [-0.4, -0.2) is 44.1 Å². The van der Waals surface area contributed by atoms with Crippen LogP contribution in [0.1, 0.15) is 57.7 Å². The third-order valence-electron chi connectivity index (χ3n) is 4.23. The van der Waals surface area contributed by atoms with E-state index >= 15 is 0 Å². The van der Waals surface area contributed by atoms with Crippen LogP contribution in [0, 0.1) is 5.92 Å². The minimum absolute atomic E-state index is 0.102. The maximum Gasteiger partial charge on any atom is 0.122 e. The number of benzene rings is 1. The van der Waals surface area contributed by atoms with Gasteiger partial charge in [0.05, 0.1) is 6.61 Å². The molecule has 0 saturated carbocycles. The zero-order chi connectivity index (χ0) is 24.7. The average molecular weight is 327 g/mol. The van der Waals surface area contributed by atoms with E-state index in [1.165, 1.54) is 0 Å². The summed E-state index contributed by atoms with van der Waals surface area (Å²) in [7, 11) is 0. The van der Waals surface area contributed by atoms with E-state index < -0.39 is 32.1 Å². The van der Waals surface area contributed by atoms with Crippen molar-refractivity contribution in [1.29, 1.82) is 0 Å². The van der Waals surface area contributed by atoms with Gasteiger partial charge >= 0.3 is 0 Å². The molecule has 0 bridgehead atoms. The maximum absolute atomic E-state index is 8.18. The van der Waals surface area contributed by atoms with Crippen molar-refractivity contribution >= 4 is 0 Å². The van der Waals surface area contributed by atoms with E-state index in [1.54, 1.807) is 0 Å². The molecule has 2 aliphatic heterocycles. The summed E-state index contributed by atoms with van der Waals surface area (Å²) in [5.41, 5.74) is 1.06. The molecule has 3 rings (SSSR count). The summed E-state index contributed by atoms with van der Waals surface area (Å²) in [6.07, 6.45) is -6.78. The minimum atomic E-state index is -3.38. The van der Waals surface area contributed by atoms with Gasteiger partial charge in [0.2, 0.25) is 0 Å². The van der Waals surface area contributed by atoms with Gasteiger partial charge in [-0.25, -0.2) is 0 Å². The van der Waals surface area contributed by atoms with Crippen molar-refractivity contribution < 1.29 is 18.4 Å². The average Bonchev–Trinajstić information content (AvgIpc) is 2.74.